The number of anilines is 3. The molecule has 2 aromatic heterocycles. The number of fused-ring (bicyclic) bond motifs is 3. The Labute approximate surface area is 191 Å². The lowest BCUT2D eigenvalue weighted by Crippen LogP contribution is -2.30. The summed E-state index contributed by atoms with van der Waals surface area (Å²) in [5.74, 6) is -0.165. The van der Waals surface area contributed by atoms with Crippen LogP contribution in [0.15, 0.2) is 42.5 Å². The number of pyridine rings is 1. The summed E-state index contributed by atoms with van der Waals surface area (Å²) in [6, 6.07) is 14.6. The summed E-state index contributed by atoms with van der Waals surface area (Å²) in [4.78, 5) is 21.9. The highest BCUT2D eigenvalue weighted by atomic mass is 32.1. The van der Waals surface area contributed by atoms with Crippen molar-refractivity contribution in [1.29, 1.82) is 0 Å². The molecule has 1 amide bonds. The molecule has 0 radical (unpaired) electrons. The van der Waals surface area contributed by atoms with E-state index in [1.54, 1.807) is 0 Å². The number of piperidine rings is 1. The third kappa shape index (κ3) is 3.30. The standard InChI is InChI=1S/C26H26N4OS/c27-23-19-14-18-13-16-7-6-8-17(16)15-21(18)29-26(19)32-24(23)25(31)28-20-9-2-3-10-22(20)30-11-4-1-5-12-30/h2-3,9-10,13-15H,1,4-8,11-12,27H2,(H,28,31). The average Bonchev–Trinajstić information content (AvgIpc) is 3.40. The molecule has 32 heavy (non-hydrogen) atoms. The van der Waals surface area contributed by atoms with E-state index >= 15 is 0 Å². The van der Waals surface area contributed by atoms with Crippen LogP contribution in [0, 0.1) is 0 Å². The minimum Gasteiger partial charge on any atom is -0.397 e. The number of nitrogen functional groups attached to an aromatic ring is 1. The number of hydrogen-bond acceptors (Lipinski definition) is 5. The number of rotatable bonds is 3. The number of benzene rings is 2. The van der Waals surface area contributed by atoms with Crippen LogP contribution in [0.25, 0.3) is 21.1 Å². The van der Waals surface area contributed by atoms with Gasteiger partial charge in [-0.3, -0.25) is 4.79 Å². The van der Waals surface area contributed by atoms with Gasteiger partial charge >= 0.3 is 0 Å². The number of para-hydroxylation sites is 2. The van der Waals surface area contributed by atoms with Crippen LogP contribution in [0.5, 0.6) is 0 Å². The number of nitrogens with one attached hydrogen (secondary N) is 1. The zero-order valence-corrected chi connectivity index (χ0v) is 18.8. The molecular weight excluding hydrogens is 416 g/mol. The predicted molar refractivity (Wildman–Crippen MR) is 134 cm³/mol. The average molecular weight is 443 g/mol. The summed E-state index contributed by atoms with van der Waals surface area (Å²) < 4.78 is 0. The van der Waals surface area contributed by atoms with E-state index in [4.69, 9.17) is 10.7 Å². The van der Waals surface area contributed by atoms with E-state index in [-0.39, 0.29) is 5.91 Å². The van der Waals surface area contributed by atoms with Crippen LogP contribution >= 0.6 is 11.3 Å². The van der Waals surface area contributed by atoms with Gasteiger partial charge in [0.1, 0.15) is 9.71 Å². The second-order valence-corrected chi connectivity index (χ2v) is 9.87. The van der Waals surface area contributed by atoms with Crippen molar-refractivity contribution in [2.45, 2.75) is 38.5 Å². The SMILES string of the molecule is Nc1c(C(=O)Nc2ccccc2N2CCCCC2)sc2nc3cc4c(cc3cc12)CCC4. The molecule has 0 saturated carbocycles. The second-order valence-electron chi connectivity index (χ2n) is 8.87. The van der Waals surface area contributed by atoms with Gasteiger partial charge in [-0.2, -0.15) is 0 Å². The van der Waals surface area contributed by atoms with Crippen LogP contribution in [0.3, 0.4) is 0 Å². The van der Waals surface area contributed by atoms with Gasteiger partial charge in [-0.25, -0.2) is 4.98 Å². The van der Waals surface area contributed by atoms with Gasteiger partial charge in [0, 0.05) is 23.9 Å². The Morgan fingerprint density at radius 2 is 1.78 bits per heavy atom. The highest BCUT2D eigenvalue weighted by Gasteiger charge is 2.21. The van der Waals surface area contributed by atoms with Gasteiger partial charge in [0.05, 0.1) is 22.6 Å². The number of nitrogens with two attached hydrogens (primary N) is 1. The smallest absolute Gasteiger partial charge is 0.268 e. The third-order valence-corrected chi connectivity index (χ3v) is 7.90. The Kier molecular flexibility index (Phi) is 4.76. The number of thiophene rings is 1. The summed E-state index contributed by atoms with van der Waals surface area (Å²) in [6.45, 7) is 2.05. The summed E-state index contributed by atoms with van der Waals surface area (Å²) >= 11 is 1.38. The van der Waals surface area contributed by atoms with Crippen molar-refractivity contribution in [2.24, 2.45) is 0 Å². The first-order valence-electron chi connectivity index (χ1n) is 11.5. The van der Waals surface area contributed by atoms with Crippen molar-refractivity contribution < 1.29 is 4.79 Å². The van der Waals surface area contributed by atoms with E-state index < -0.39 is 0 Å². The van der Waals surface area contributed by atoms with Crippen LogP contribution in [-0.4, -0.2) is 24.0 Å². The topological polar surface area (TPSA) is 71.2 Å². The van der Waals surface area contributed by atoms with Crippen LogP contribution in [0.1, 0.15) is 46.5 Å². The van der Waals surface area contributed by atoms with Gasteiger partial charge < -0.3 is 16.0 Å². The number of aryl methyl sites for hydroxylation is 2. The van der Waals surface area contributed by atoms with E-state index in [1.807, 2.05) is 18.2 Å². The Morgan fingerprint density at radius 1 is 1.00 bits per heavy atom. The predicted octanol–water partition coefficient (Wildman–Crippen LogP) is 5.76. The van der Waals surface area contributed by atoms with Gasteiger partial charge in [-0.1, -0.05) is 12.1 Å². The molecule has 0 bridgehead atoms. The normalized spacial score (nSPS) is 15.9. The van der Waals surface area contributed by atoms with Crippen LogP contribution in [0.4, 0.5) is 17.1 Å². The van der Waals surface area contributed by atoms with Crippen molar-refractivity contribution in [3.63, 3.8) is 0 Å². The molecule has 3 heterocycles. The first kappa shape index (κ1) is 19.6. The largest absolute Gasteiger partial charge is 0.397 e. The fraction of sp³-hybridized carbons (Fsp3) is 0.308. The minimum atomic E-state index is -0.165. The molecule has 6 heteroatoms. The lowest BCUT2D eigenvalue weighted by molar-refractivity contribution is 0.103. The summed E-state index contributed by atoms with van der Waals surface area (Å²) in [6.07, 6.45) is 7.12. The molecule has 2 aliphatic rings. The molecule has 1 fully saturated rings. The molecule has 1 aliphatic heterocycles. The van der Waals surface area contributed by atoms with Crippen LogP contribution in [-0.2, 0) is 12.8 Å². The van der Waals surface area contributed by atoms with Crippen molar-refractivity contribution >= 4 is 55.4 Å². The van der Waals surface area contributed by atoms with E-state index in [0.29, 0.717) is 10.6 Å². The maximum atomic E-state index is 13.3. The molecule has 1 saturated heterocycles. The fourth-order valence-electron chi connectivity index (χ4n) is 5.11. The molecule has 3 N–H and O–H groups in total. The maximum absolute atomic E-state index is 13.3. The summed E-state index contributed by atoms with van der Waals surface area (Å²) in [5, 5.41) is 5.10. The lowest BCUT2D eigenvalue weighted by Gasteiger charge is -2.30. The van der Waals surface area contributed by atoms with E-state index in [1.165, 1.54) is 48.1 Å². The first-order valence-corrected chi connectivity index (χ1v) is 12.3. The number of amides is 1. The molecule has 1 aliphatic carbocycles. The zero-order valence-electron chi connectivity index (χ0n) is 18.0. The quantitative estimate of drug-likeness (QED) is 0.423. The summed E-state index contributed by atoms with van der Waals surface area (Å²) in [5.41, 5.74) is 12.7. The first-order chi connectivity index (χ1) is 15.7. The van der Waals surface area contributed by atoms with Crippen molar-refractivity contribution in [3.8, 4) is 0 Å². The van der Waals surface area contributed by atoms with Gasteiger partial charge in [0.2, 0.25) is 0 Å². The molecule has 4 aromatic rings. The Bertz CT molecular complexity index is 1350. The molecule has 2 aromatic carbocycles. The van der Waals surface area contributed by atoms with Crippen LogP contribution < -0.4 is 16.0 Å². The molecule has 0 unspecified atom stereocenters. The van der Waals surface area contributed by atoms with Crippen LogP contribution in [0.2, 0.25) is 0 Å². The molecule has 5 nitrogen and oxygen atoms in total. The molecule has 0 spiro atoms. The highest BCUT2D eigenvalue weighted by Crippen LogP contribution is 2.37. The monoisotopic (exact) mass is 442 g/mol. The van der Waals surface area contributed by atoms with Gasteiger partial charge in [-0.15, -0.1) is 11.3 Å². The number of aromatic nitrogens is 1. The number of nitrogens with zero attached hydrogens (tertiary/aromatic N) is 2. The van der Waals surface area contributed by atoms with E-state index in [2.05, 4.69) is 34.5 Å². The van der Waals surface area contributed by atoms with Gasteiger partial charge in [0.15, 0.2) is 0 Å². The number of hydrogen-bond donors (Lipinski definition) is 2. The van der Waals surface area contributed by atoms with Crippen molar-refractivity contribution in [3.05, 3.63) is 58.5 Å². The highest BCUT2D eigenvalue weighted by molar-refractivity contribution is 7.21. The Morgan fingerprint density at radius 3 is 2.62 bits per heavy atom. The Balaban J connectivity index is 1.35. The van der Waals surface area contributed by atoms with Gasteiger partial charge in [0.25, 0.3) is 5.91 Å². The summed E-state index contributed by atoms with van der Waals surface area (Å²) in [7, 11) is 0. The number of carbonyl (C=O) groups excluding carboxylic acids is 1. The molecule has 162 valence electrons. The Hall–Kier alpha value is -3.12. The van der Waals surface area contributed by atoms with Crippen molar-refractivity contribution in [2.75, 3.05) is 29.0 Å². The molecule has 6 rings (SSSR count). The third-order valence-electron chi connectivity index (χ3n) is 6.78. The van der Waals surface area contributed by atoms with E-state index in [0.717, 1.165) is 58.4 Å². The molecular formula is C26H26N4OS. The van der Waals surface area contributed by atoms with Gasteiger partial charge in [-0.05, 0) is 80.0 Å². The van der Waals surface area contributed by atoms with E-state index in [9.17, 15) is 4.79 Å². The number of carbonyl (C=O) groups is 1. The minimum absolute atomic E-state index is 0.165. The van der Waals surface area contributed by atoms with Crippen molar-refractivity contribution in [1.82, 2.24) is 4.98 Å². The lowest BCUT2D eigenvalue weighted by atomic mass is 10.1. The maximum Gasteiger partial charge on any atom is 0.268 e. The zero-order chi connectivity index (χ0) is 21.7. The fourth-order valence-corrected chi connectivity index (χ4v) is 6.09. The second kappa shape index (κ2) is 7.78. The molecule has 0 atom stereocenters.